The highest BCUT2D eigenvalue weighted by molar-refractivity contribution is 6.58. The highest BCUT2D eigenvalue weighted by atomic mass is 35.5. The molecule has 246 valence electrons. The summed E-state index contributed by atoms with van der Waals surface area (Å²) in [5.41, 5.74) is 0.0226. The molecule has 4 amide bonds. The van der Waals surface area contributed by atoms with Crippen LogP contribution in [0.1, 0.15) is 34.7 Å². The molecule has 0 radical (unpaired) electrons. The van der Waals surface area contributed by atoms with Crippen molar-refractivity contribution >= 4 is 64.2 Å². The summed E-state index contributed by atoms with van der Waals surface area (Å²) in [5.74, 6) is -10.1. The Morgan fingerprint density at radius 1 is 0.875 bits per heavy atom. The first-order valence-corrected chi connectivity index (χ1v) is 15.5. The lowest BCUT2D eigenvalue weighted by atomic mass is 9.56. The number of benzene rings is 3. The zero-order valence-electron chi connectivity index (χ0n) is 24.9. The molecule has 3 aromatic carbocycles. The molecular formula is C34H25Cl2FN2O9. The van der Waals surface area contributed by atoms with Crippen molar-refractivity contribution in [1.82, 2.24) is 0 Å². The largest absolute Gasteiger partial charge is 0.508 e. The van der Waals surface area contributed by atoms with Gasteiger partial charge >= 0.3 is 5.97 Å². The maximum absolute atomic E-state index is 14.4. The molecule has 3 fully saturated rings. The van der Waals surface area contributed by atoms with E-state index in [4.69, 9.17) is 27.9 Å². The lowest BCUT2D eigenvalue weighted by Crippen LogP contribution is -2.60. The summed E-state index contributed by atoms with van der Waals surface area (Å²) in [6.45, 7) is 0. The van der Waals surface area contributed by atoms with Gasteiger partial charge < -0.3 is 20.1 Å². The molecule has 3 aromatic rings. The topological polar surface area (TPSA) is 162 Å². The number of nitrogens with zero attached hydrogens (tertiary/aromatic N) is 2. The highest BCUT2D eigenvalue weighted by Crippen LogP contribution is 2.66. The number of amides is 4. The van der Waals surface area contributed by atoms with Crippen LogP contribution in [0.5, 0.6) is 17.2 Å². The highest BCUT2D eigenvalue weighted by Gasteiger charge is 2.77. The van der Waals surface area contributed by atoms with Gasteiger partial charge in [-0.15, -0.1) is 23.2 Å². The fraction of sp³-hybridized carbons (Fsp3) is 0.265. The first-order chi connectivity index (χ1) is 22.7. The Morgan fingerprint density at radius 3 is 2.21 bits per heavy atom. The van der Waals surface area contributed by atoms with E-state index < -0.39 is 80.1 Å². The molecule has 2 aliphatic heterocycles. The second kappa shape index (κ2) is 10.8. The van der Waals surface area contributed by atoms with Gasteiger partial charge in [-0.3, -0.25) is 19.2 Å². The average molecular weight is 695 g/mol. The monoisotopic (exact) mass is 694 g/mol. The normalized spacial score (nSPS) is 29.4. The number of imide groups is 2. The Morgan fingerprint density at radius 2 is 1.56 bits per heavy atom. The van der Waals surface area contributed by atoms with E-state index in [2.05, 4.69) is 0 Å². The van der Waals surface area contributed by atoms with E-state index >= 15 is 0 Å². The van der Waals surface area contributed by atoms with Crippen molar-refractivity contribution < 1.29 is 48.4 Å². The van der Waals surface area contributed by atoms with Crippen molar-refractivity contribution in [1.29, 1.82) is 0 Å². The van der Waals surface area contributed by atoms with Crippen LogP contribution >= 0.6 is 23.2 Å². The number of carboxylic acids is 1. The molecule has 11 nitrogen and oxygen atoms in total. The van der Waals surface area contributed by atoms with Crippen LogP contribution < -0.4 is 14.5 Å². The van der Waals surface area contributed by atoms with Crippen LogP contribution in [0.4, 0.5) is 15.8 Å². The number of aromatic carboxylic acids is 1. The van der Waals surface area contributed by atoms with Crippen LogP contribution in [0.3, 0.4) is 0 Å². The summed E-state index contributed by atoms with van der Waals surface area (Å²) in [7, 11) is 1.39. The number of halogens is 3. The van der Waals surface area contributed by atoms with Crippen molar-refractivity contribution in [2.45, 2.75) is 28.5 Å². The molecule has 1 saturated carbocycles. The molecule has 2 heterocycles. The van der Waals surface area contributed by atoms with Crippen molar-refractivity contribution in [3.8, 4) is 17.2 Å². The van der Waals surface area contributed by atoms with E-state index in [9.17, 15) is 43.7 Å². The van der Waals surface area contributed by atoms with Gasteiger partial charge in [-0.1, -0.05) is 11.6 Å². The molecule has 6 atom stereocenters. The minimum absolute atomic E-state index is 0.00667. The number of hydrogen-bond donors (Lipinski definition) is 3. The predicted molar refractivity (Wildman–Crippen MR) is 169 cm³/mol. The Labute approximate surface area is 281 Å². The van der Waals surface area contributed by atoms with Gasteiger partial charge in [0.1, 0.15) is 28.6 Å². The van der Waals surface area contributed by atoms with Crippen molar-refractivity contribution in [3.05, 3.63) is 89.3 Å². The number of carboxylic acid groups (broad SMARTS) is 1. The van der Waals surface area contributed by atoms with Crippen LogP contribution in [-0.4, -0.2) is 61.8 Å². The second-order valence-corrected chi connectivity index (χ2v) is 13.4. The van der Waals surface area contributed by atoms with Gasteiger partial charge in [-0.2, -0.15) is 0 Å². The Kier molecular flexibility index (Phi) is 7.12. The number of phenolic OH excluding ortho intramolecular Hbond substituents is 1. The van der Waals surface area contributed by atoms with E-state index in [0.29, 0.717) is 5.57 Å². The number of fused-ring (bicyclic) bond motifs is 4. The molecule has 14 heteroatoms. The quantitative estimate of drug-likeness (QED) is 0.195. The molecule has 48 heavy (non-hydrogen) atoms. The minimum atomic E-state index is -2.26. The summed E-state index contributed by atoms with van der Waals surface area (Å²) in [6, 6.07) is 12.2. The van der Waals surface area contributed by atoms with Crippen LogP contribution in [-0.2, 0) is 19.2 Å². The van der Waals surface area contributed by atoms with Crippen molar-refractivity contribution in [3.63, 3.8) is 0 Å². The van der Waals surface area contributed by atoms with Crippen LogP contribution in [0.2, 0.25) is 0 Å². The van der Waals surface area contributed by atoms with Gasteiger partial charge in [-0.25, -0.2) is 19.0 Å². The average Bonchev–Trinajstić information content (AvgIpc) is 3.39. The molecule has 0 unspecified atom stereocenters. The molecule has 7 rings (SSSR count). The summed E-state index contributed by atoms with van der Waals surface area (Å²) in [5, 5.41) is 30.8. The molecule has 2 aliphatic carbocycles. The van der Waals surface area contributed by atoms with E-state index in [1.807, 2.05) is 0 Å². The van der Waals surface area contributed by atoms with E-state index in [-0.39, 0.29) is 41.3 Å². The fourth-order valence-corrected chi connectivity index (χ4v) is 8.66. The number of methoxy groups -OCH3 is 1. The Hall–Kier alpha value is -4.94. The van der Waals surface area contributed by atoms with Crippen molar-refractivity contribution in [2.75, 3.05) is 16.9 Å². The van der Waals surface area contributed by atoms with Gasteiger partial charge in [0, 0.05) is 17.5 Å². The standard InChI is InChI=1S/C34H25Cl2FN2O9/c1-48-18-7-11-24(40)22(13-18)27-19-9-10-21-26(29(43)38(28(21)42)17-6-8-20(30(44)45)25(41)12-17)23(19)14-33(35)31(46)39(32(47)34(27,33)36)16-4-2-15(37)3-5-16/h2-9,11-13,21,23,26-27,40-41H,10,14H2,1H3,(H,44,45)/t21-,23+,26-,27+,33+,34-/m0/s1. The first kappa shape index (κ1) is 31.6. The number of ether oxygens (including phenoxy) is 1. The Bertz CT molecular complexity index is 2000. The third kappa shape index (κ3) is 4.15. The van der Waals surface area contributed by atoms with Crippen LogP contribution in [0, 0.1) is 23.6 Å². The van der Waals surface area contributed by atoms with Crippen molar-refractivity contribution in [2.24, 2.45) is 17.8 Å². The molecular weight excluding hydrogens is 670 g/mol. The van der Waals surface area contributed by atoms with Gasteiger partial charge in [0.05, 0.1) is 30.3 Å². The summed E-state index contributed by atoms with van der Waals surface area (Å²) >= 11 is 14.6. The van der Waals surface area contributed by atoms with E-state index in [1.54, 1.807) is 6.08 Å². The number of aromatic hydroxyl groups is 2. The number of phenols is 2. The third-order valence-electron chi connectivity index (χ3n) is 9.91. The maximum atomic E-state index is 14.4. The fourth-order valence-electron chi connectivity index (χ4n) is 7.73. The minimum Gasteiger partial charge on any atom is -0.508 e. The van der Waals surface area contributed by atoms with Gasteiger partial charge in [-0.05, 0) is 73.4 Å². The number of carbonyl (C=O) groups excluding carboxylic acids is 4. The van der Waals surface area contributed by atoms with E-state index in [0.717, 1.165) is 34.1 Å². The first-order valence-electron chi connectivity index (χ1n) is 14.8. The van der Waals surface area contributed by atoms with Crippen LogP contribution in [0.15, 0.2) is 72.3 Å². The SMILES string of the molecule is COc1ccc(O)c([C@H]2C3=CC[C@@H]4C(=O)N(c5ccc(C(=O)O)c(O)c5)C(=O)[C@@H]4[C@@H]3C[C@@]3(Cl)C(=O)N(c4ccc(F)cc4)C(=O)[C@@]23Cl)c1. The zero-order chi connectivity index (χ0) is 34.4. The molecule has 2 saturated heterocycles. The van der Waals surface area contributed by atoms with Gasteiger partial charge in [0.25, 0.3) is 11.8 Å². The summed E-state index contributed by atoms with van der Waals surface area (Å²) in [4.78, 5) is 65.4. The number of carbonyl (C=O) groups is 5. The van der Waals surface area contributed by atoms with Crippen LogP contribution in [0.25, 0.3) is 0 Å². The maximum Gasteiger partial charge on any atom is 0.339 e. The molecule has 4 aliphatic rings. The smallest absolute Gasteiger partial charge is 0.339 e. The zero-order valence-corrected chi connectivity index (χ0v) is 26.4. The predicted octanol–water partition coefficient (Wildman–Crippen LogP) is 4.71. The lowest BCUT2D eigenvalue weighted by molar-refractivity contribution is -0.125. The number of anilines is 2. The van der Waals surface area contributed by atoms with Gasteiger partial charge in [0.15, 0.2) is 9.75 Å². The number of alkyl halides is 2. The molecule has 0 bridgehead atoms. The third-order valence-corrected chi connectivity index (χ3v) is 11.3. The number of allylic oxidation sites excluding steroid dienone is 2. The van der Waals surface area contributed by atoms with Gasteiger partial charge in [0.2, 0.25) is 11.8 Å². The molecule has 0 aromatic heterocycles. The summed E-state index contributed by atoms with van der Waals surface area (Å²) < 4.78 is 19.2. The molecule has 0 spiro atoms. The van der Waals surface area contributed by atoms with E-state index in [1.165, 1.54) is 43.5 Å². The summed E-state index contributed by atoms with van der Waals surface area (Å²) in [6.07, 6.45) is 1.34. The molecule has 3 N–H and O–H groups in total. The number of rotatable bonds is 5. The second-order valence-electron chi connectivity index (χ2n) is 12.2. The lowest BCUT2D eigenvalue weighted by Gasteiger charge is -2.50. The Balaban J connectivity index is 1.39. The number of hydrogen-bond acceptors (Lipinski definition) is 8.